The second-order valence-corrected chi connectivity index (χ2v) is 12.3. The Labute approximate surface area is 249 Å². The Bertz CT molecular complexity index is 1650. The average molecular weight is 596 g/mol. The molecule has 0 amide bonds. The Morgan fingerprint density at radius 2 is 2.00 bits per heavy atom. The average Bonchev–Trinajstić information content (AvgIpc) is 3.33. The third-order valence-corrected chi connectivity index (χ3v) is 9.35. The molecular weight excluding hydrogens is 560 g/mol. The summed E-state index contributed by atoms with van der Waals surface area (Å²) < 4.78 is 37.4. The molecule has 222 valence electrons. The minimum Gasteiger partial charge on any atom is -0.508 e. The molecular formula is C32H36ClF2N5O2. The molecule has 4 heterocycles. The molecule has 2 aliphatic heterocycles. The van der Waals surface area contributed by atoms with Gasteiger partial charge in [-0.25, -0.2) is 8.78 Å². The number of nitrogens with zero attached hydrogens (tertiary/aromatic N) is 5. The van der Waals surface area contributed by atoms with Gasteiger partial charge in [0, 0.05) is 30.2 Å². The number of pyridine rings is 1. The molecule has 2 atom stereocenters. The number of hydrogen-bond acceptors (Lipinski definition) is 7. The quantitative estimate of drug-likeness (QED) is 0.239. The molecule has 4 aromatic rings. The number of aromatic nitrogens is 3. The fourth-order valence-corrected chi connectivity index (χ4v) is 7.05. The van der Waals surface area contributed by atoms with Crippen molar-refractivity contribution in [1.29, 1.82) is 0 Å². The van der Waals surface area contributed by atoms with Gasteiger partial charge in [0.25, 0.3) is 0 Å². The van der Waals surface area contributed by atoms with E-state index in [1.807, 2.05) is 0 Å². The Morgan fingerprint density at radius 1 is 1.17 bits per heavy atom. The second kappa shape index (κ2) is 11.4. The Balaban J connectivity index is 1.51. The van der Waals surface area contributed by atoms with Crippen molar-refractivity contribution >= 4 is 39.1 Å². The van der Waals surface area contributed by atoms with Gasteiger partial charge in [0.15, 0.2) is 5.82 Å². The van der Waals surface area contributed by atoms with Crippen LogP contribution in [0, 0.1) is 17.6 Å². The van der Waals surface area contributed by atoms with Crippen molar-refractivity contribution in [3.63, 3.8) is 0 Å². The summed E-state index contributed by atoms with van der Waals surface area (Å²) in [6, 6.07) is 5.63. The van der Waals surface area contributed by atoms with E-state index in [0.717, 1.165) is 58.2 Å². The number of phenolic OH excluding ortho intramolecular Hbond substituents is 1. The maximum atomic E-state index is 16.6. The highest BCUT2D eigenvalue weighted by molar-refractivity contribution is 6.37. The number of halogens is 3. The first-order chi connectivity index (χ1) is 20.2. The van der Waals surface area contributed by atoms with Gasteiger partial charge in [0.2, 0.25) is 0 Å². The van der Waals surface area contributed by atoms with Crippen LogP contribution in [0.25, 0.3) is 32.9 Å². The van der Waals surface area contributed by atoms with Crippen LogP contribution in [-0.4, -0.2) is 63.8 Å². The van der Waals surface area contributed by atoms with Gasteiger partial charge in [-0.05, 0) is 75.2 Å². The van der Waals surface area contributed by atoms with Gasteiger partial charge >= 0.3 is 6.01 Å². The predicted octanol–water partition coefficient (Wildman–Crippen LogP) is 7.36. The summed E-state index contributed by atoms with van der Waals surface area (Å²) in [5.41, 5.74) is 0.0384. The van der Waals surface area contributed by atoms with Gasteiger partial charge in [0.1, 0.15) is 35.2 Å². The zero-order valence-corrected chi connectivity index (χ0v) is 25.0. The lowest BCUT2D eigenvalue weighted by molar-refractivity contribution is 0.0828. The van der Waals surface area contributed by atoms with Crippen molar-refractivity contribution in [3.05, 3.63) is 47.1 Å². The Morgan fingerprint density at radius 3 is 2.74 bits per heavy atom. The zero-order chi connectivity index (χ0) is 29.6. The highest BCUT2D eigenvalue weighted by Gasteiger charge is 2.39. The number of ether oxygens (including phenoxy) is 1. The minimum absolute atomic E-state index is 0.0616. The second-order valence-electron chi connectivity index (χ2n) is 11.9. The Hall–Kier alpha value is -3.30. The monoisotopic (exact) mass is 595 g/mol. The molecule has 2 aromatic carbocycles. The lowest BCUT2D eigenvalue weighted by Gasteiger charge is -2.36. The van der Waals surface area contributed by atoms with E-state index >= 15 is 4.39 Å². The normalized spacial score (nSPS) is 21.5. The van der Waals surface area contributed by atoms with E-state index in [2.05, 4.69) is 40.7 Å². The van der Waals surface area contributed by atoms with Crippen LogP contribution >= 0.6 is 11.6 Å². The molecule has 0 aliphatic carbocycles. The van der Waals surface area contributed by atoms with Crippen LogP contribution in [0.15, 0.2) is 30.5 Å². The number of benzene rings is 2. The summed E-state index contributed by atoms with van der Waals surface area (Å²) in [4.78, 5) is 18.4. The standard InChI is InChI=1S/C32H36ClF2N5O2/c1-4-10-32(11-6-12-39(32)3)18-42-31-37-29-23(30(38-31)40-13-5-7-19(2)17-40)16-36-28(27(29)35)22-15-21(41)14-20-8-9-24(34)26(33)25(20)22/h8-9,14-16,19,41H,4-7,10-13,17-18H2,1-3H3. The predicted molar refractivity (Wildman–Crippen MR) is 162 cm³/mol. The number of likely N-dealkylation sites (N-methyl/N-ethyl adjacent to an activating group) is 1. The molecule has 2 saturated heterocycles. The van der Waals surface area contributed by atoms with Crippen molar-refractivity contribution in [2.75, 3.05) is 38.2 Å². The van der Waals surface area contributed by atoms with E-state index in [9.17, 15) is 9.50 Å². The molecule has 42 heavy (non-hydrogen) atoms. The Kier molecular flexibility index (Phi) is 7.83. The molecule has 2 unspecified atom stereocenters. The van der Waals surface area contributed by atoms with Crippen molar-refractivity contribution in [3.8, 4) is 23.0 Å². The fourth-order valence-electron chi connectivity index (χ4n) is 6.77. The summed E-state index contributed by atoms with van der Waals surface area (Å²) in [6.07, 6.45) is 7.80. The van der Waals surface area contributed by atoms with Crippen LogP contribution in [-0.2, 0) is 0 Å². The zero-order valence-electron chi connectivity index (χ0n) is 24.3. The smallest absolute Gasteiger partial charge is 0.319 e. The molecule has 6 rings (SSSR count). The molecule has 2 fully saturated rings. The number of anilines is 1. The molecule has 0 spiro atoms. The van der Waals surface area contributed by atoms with Gasteiger partial charge in [-0.15, -0.1) is 0 Å². The lowest BCUT2D eigenvalue weighted by Crippen LogP contribution is -2.46. The van der Waals surface area contributed by atoms with E-state index in [-0.39, 0.29) is 44.5 Å². The maximum Gasteiger partial charge on any atom is 0.319 e. The molecule has 0 radical (unpaired) electrons. The third-order valence-electron chi connectivity index (χ3n) is 8.98. The van der Waals surface area contributed by atoms with Crippen molar-refractivity contribution < 1.29 is 18.6 Å². The van der Waals surface area contributed by atoms with Crippen LogP contribution < -0.4 is 9.64 Å². The van der Waals surface area contributed by atoms with E-state index < -0.39 is 11.6 Å². The number of fused-ring (bicyclic) bond motifs is 2. The number of phenols is 1. The van der Waals surface area contributed by atoms with E-state index in [0.29, 0.717) is 29.1 Å². The van der Waals surface area contributed by atoms with Gasteiger partial charge in [-0.3, -0.25) is 9.88 Å². The summed E-state index contributed by atoms with van der Waals surface area (Å²) in [7, 11) is 2.12. The van der Waals surface area contributed by atoms with Crippen LogP contribution in [0.2, 0.25) is 5.02 Å². The largest absolute Gasteiger partial charge is 0.508 e. The van der Waals surface area contributed by atoms with Gasteiger partial charge in [-0.1, -0.05) is 37.9 Å². The molecule has 0 bridgehead atoms. The first-order valence-electron chi connectivity index (χ1n) is 14.8. The first kappa shape index (κ1) is 28.8. The van der Waals surface area contributed by atoms with Gasteiger partial charge < -0.3 is 14.7 Å². The maximum absolute atomic E-state index is 16.6. The SMILES string of the molecule is CCCC1(COc2nc(N3CCCC(C)C3)c3cnc(-c4cc(O)cc5ccc(F)c(Cl)c45)c(F)c3n2)CCCN1C. The molecule has 1 N–H and O–H groups in total. The van der Waals surface area contributed by atoms with E-state index in [1.54, 1.807) is 6.20 Å². The summed E-state index contributed by atoms with van der Waals surface area (Å²) >= 11 is 6.36. The van der Waals surface area contributed by atoms with Gasteiger partial charge in [-0.2, -0.15) is 9.97 Å². The minimum atomic E-state index is -0.709. The number of rotatable bonds is 7. The van der Waals surface area contributed by atoms with Crippen LogP contribution in [0.4, 0.5) is 14.6 Å². The van der Waals surface area contributed by atoms with Crippen LogP contribution in [0.3, 0.4) is 0 Å². The molecule has 2 aromatic heterocycles. The van der Waals surface area contributed by atoms with Crippen molar-refractivity contribution in [2.45, 2.75) is 57.9 Å². The molecule has 7 nitrogen and oxygen atoms in total. The third kappa shape index (κ3) is 5.11. The number of hydrogen-bond donors (Lipinski definition) is 1. The molecule has 10 heteroatoms. The van der Waals surface area contributed by atoms with E-state index in [4.69, 9.17) is 21.3 Å². The first-order valence-corrected chi connectivity index (χ1v) is 15.1. The topological polar surface area (TPSA) is 74.6 Å². The number of likely N-dealkylation sites (tertiary alicyclic amines) is 1. The van der Waals surface area contributed by atoms with Crippen molar-refractivity contribution in [1.82, 2.24) is 19.9 Å². The number of aromatic hydroxyl groups is 1. The van der Waals surface area contributed by atoms with Crippen molar-refractivity contribution in [2.24, 2.45) is 5.92 Å². The number of piperidine rings is 1. The molecule has 2 aliphatic rings. The lowest BCUT2D eigenvalue weighted by atomic mass is 9.92. The van der Waals surface area contributed by atoms with E-state index in [1.165, 1.54) is 24.3 Å². The highest BCUT2D eigenvalue weighted by atomic mass is 35.5. The fraction of sp³-hybridized carbons (Fsp3) is 0.469. The van der Waals surface area contributed by atoms with Gasteiger partial charge in [0.05, 0.1) is 15.9 Å². The van der Waals surface area contributed by atoms with Crippen LogP contribution in [0.5, 0.6) is 11.8 Å². The van der Waals surface area contributed by atoms with Crippen LogP contribution in [0.1, 0.15) is 52.4 Å². The molecule has 0 saturated carbocycles. The summed E-state index contributed by atoms with van der Waals surface area (Å²) in [5.74, 6) is -0.415. The summed E-state index contributed by atoms with van der Waals surface area (Å²) in [6.45, 7) is 7.35. The highest BCUT2D eigenvalue weighted by Crippen LogP contribution is 2.41. The summed E-state index contributed by atoms with van der Waals surface area (Å²) in [5, 5.41) is 11.5.